The highest BCUT2D eigenvalue weighted by Crippen LogP contribution is 2.29. The number of nitrogens with two attached hydrogens (primary N) is 2. The van der Waals surface area contributed by atoms with Gasteiger partial charge in [0.15, 0.2) is 0 Å². The number of hydrogen-bond acceptors (Lipinski definition) is 5. The van der Waals surface area contributed by atoms with Gasteiger partial charge in [-0.2, -0.15) is 0 Å². The van der Waals surface area contributed by atoms with Crippen LogP contribution in [0.1, 0.15) is 48.4 Å². The zero-order valence-electron chi connectivity index (χ0n) is 31.0. The van der Waals surface area contributed by atoms with E-state index in [9.17, 15) is 19.2 Å². The van der Waals surface area contributed by atoms with Crippen molar-refractivity contribution in [2.24, 2.45) is 17.4 Å². The molecule has 0 fully saturated rings. The van der Waals surface area contributed by atoms with Gasteiger partial charge in [-0.3, -0.25) is 19.2 Å². The van der Waals surface area contributed by atoms with Crippen molar-refractivity contribution >= 4 is 70.0 Å². The Balaban J connectivity index is 1.64. The number of carbonyl (C=O) groups excluding carboxylic acids is 4. The van der Waals surface area contributed by atoms with Crippen LogP contribution in [-0.4, -0.2) is 83.6 Å². The van der Waals surface area contributed by atoms with E-state index in [0.29, 0.717) is 39.4 Å². The first kappa shape index (κ1) is 43.6. The van der Waals surface area contributed by atoms with Crippen LogP contribution in [0.2, 0.25) is 20.1 Å². The molecule has 55 heavy (non-hydrogen) atoms. The molecule has 4 N–H and O–H groups in total. The van der Waals surface area contributed by atoms with Gasteiger partial charge in [-0.25, -0.2) is 0 Å². The van der Waals surface area contributed by atoms with Crippen LogP contribution in [-0.2, 0) is 32.0 Å². The number of amides is 4. The van der Waals surface area contributed by atoms with Crippen molar-refractivity contribution in [3.05, 3.63) is 139 Å². The summed E-state index contributed by atoms with van der Waals surface area (Å²) in [6.07, 6.45) is 1.11. The summed E-state index contributed by atoms with van der Waals surface area (Å²) >= 11 is 25.1. The molecule has 13 heteroatoms. The van der Waals surface area contributed by atoms with Crippen molar-refractivity contribution in [1.82, 2.24) is 14.7 Å². The highest BCUT2D eigenvalue weighted by molar-refractivity contribution is 6.35. The van der Waals surface area contributed by atoms with E-state index in [2.05, 4.69) is 0 Å². The predicted octanol–water partition coefficient (Wildman–Crippen LogP) is 7.26. The van der Waals surface area contributed by atoms with E-state index in [0.717, 1.165) is 22.3 Å². The van der Waals surface area contributed by atoms with Crippen molar-refractivity contribution in [3.63, 3.8) is 0 Å². The number of hydrogen-bond donors (Lipinski definition) is 2. The third-order valence-corrected chi connectivity index (χ3v) is 10.6. The topological polar surface area (TPSA) is 130 Å². The molecular weight excluding hydrogens is 780 g/mol. The van der Waals surface area contributed by atoms with Crippen LogP contribution in [0.3, 0.4) is 0 Å². The van der Waals surface area contributed by atoms with Crippen molar-refractivity contribution < 1.29 is 19.2 Å². The van der Waals surface area contributed by atoms with Crippen LogP contribution in [0, 0.1) is 5.92 Å². The Bertz CT molecular complexity index is 1880. The number of carbonyl (C=O) groups is 4. The summed E-state index contributed by atoms with van der Waals surface area (Å²) in [6, 6.07) is 29.1. The highest BCUT2D eigenvalue weighted by atomic mass is 35.5. The predicted molar refractivity (Wildman–Crippen MR) is 221 cm³/mol. The van der Waals surface area contributed by atoms with Crippen molar-refractivity contribution in [1.29, 1.82) is 0 Å². The average Bonchev–Trinajstić information content (AvgIpc) is 3.15. The molecule has 0 aliphatic carbocycles. The minimum Gasteiger partial charge on any atom is -0.368 e. The Kier molecular flexibility index (Phi) is 16.9. The summed E-state index contributed by atoms with van der Waals surface area (Å²) in [6.45, 7) is 3.01. The van der Waals surface area contributed by atoms with Crippen LogP contribution in [0.4, 0.5) is 0 Å². The number of rotatable bonds is 19. The fourth-order valence-corrected chi connectivity index (χ4v) is 7.21. The number of nitrogens with zero attached hydrogens (tertiary/aromatic N) is 3. The zero-order chi connectivity index (χ0) is 40.1. The maximum atomic E-state index is 14.5. The van der Waals surface area contributed by atoms with Crippen molar-refractivity contribution in [3.8, 4) is 0 Å². The quantitative estimate of drug-likeness (QED) is 0.103. The van der Waals surface area contributed by atoms with Crippen LogP contribution >= 0.6 is 46.4 Å². The molecule has 0 radical (unpaired) electrons. The van der Waals surface area contributed by atoms with Gasteiger partial charge in [0, 0.05) is 45.6 Å². The standard InChI is InChI=1S/C42H47Cl4N5O4/c1-28(2)41(48)42(55)51(21-18-32-14-16-34(44)24-37(32)46)27-40(54)50(22-19-35(29-9-5-3-6-10-29)30-11-7-4-8-12-30)26-39(53)49(25-38(47)52)20-17-31-13-15-33(43)23-36(31)45/h3-16,23-24,28,35,41H,17-22,25-27,48H2,1-2H3,(H2,47,52). The minimum absolute atomic E-state index is 0.109. The Labute approximate surface area is 343 Å². The van der Waals surface area contributed by atoms with Crippen molar-refractivity contribution in [2.45, 2.75) is 45.1 Å². The lowest BCUT2D eigenvalue weighted by Gasteiger charge is -2.32. The maximum absolute atomic E-state index is 14.5. The van der Waals surface area contributed by atoms with Crippen LogP contribution in [0.15, 0.2) is 97.1 Å². The molecule has 4 amide bonds. The Morgan fingerprint density at radius 1 is 0.600 bits per heavy atom. The fraction of sp³-hybridized carbons (Fsp3) is 0.333. The van der Waals surface area contributed by atoms with E-state index in [1.807, 2.05) is 74.5 Å². The summed E-state index contributed by atoms with van der Waals surface area (Å²) in [7, 11) is 0. The largest absolute Gasteiger partial charge is 0.368 e. The lowest BCUT2D eigenvalue weighted by molar-refractivity contribution is -0.145. The van der Waals surface area contributed by atoms with E-state index in [1.54, 1.807) is 36.4 Å². The van der Waals surface area contributed by atoms with Crippen LogP contribution in [0.25, 0.3) is 0 Å². The summed E-state index contributed by atoms with van der Waals surface area (Å²) in [4.78, 5) is 58.7. The van der Waals surface area contributed by atoms with Gasteiger partial charge in [0.25, 0.3) is 0 Å². The summed E-state index contributed by atoms with van der Waals surface area (Å²) in [5.41, 5.74) is 15.5. The third kappa shape index (κ3) is 13.3. The molecular formula is C42H47Cl4N5O4. The molecule has 0 saturated carbocycles. The van der Waals surface area contributed by atoms with Gasteiger partial charge in [0.1, 0.15) is 0 Å². The molecule has 0 saturated heterocycles. The maximum Gasteiger partial charge on any atom is 0.242 e. The molecule has 4 aromatic rings. The Morgan fingerprint density at radius 2 is 1.04 bits per heavy atom. The van der Waals surface area contributed by atoms with Crippen molar-refractivity contribution in [2.75, 3.05) is 39.3 Å². The molecule has 292 valence electrons. The molecule has 0 spiro atoms. The molecule has 4 aromatic carbocycles. The summed E-state index contributed by atoms with van der Waals surface area (Å²) in [5, 5.41) is 1.81. The third-order valence-electron chi connectivity index (χ3n) is 9.44. The van der Waals surface area contributed by atoms with Gasteiger partial charge in [0.2, 0.25) is 23.6 Å². The summed E-state index contributed by atoms with van der Waals surface area (Å²) < 4.78 is 0. The lowest BCUT2D eigenvalue weighted by Crippen LogP contribution is -2.53. The van der Waals surface area contributed by atoms with Crippen LogP contribution in [0.5, 0.6) is 0 Å². The van der Waals surface area contributed by atoms with Gasteiger partial charge in [-0.05, 0) is 71.7 Å². The van der Waals surface area contributed by atoms with E-state index < -0.39 is 29.7 Å². The second-order valence-corrected chi connectivity index (χ2v) is 15.4. The Hall–Kier alpha value is -4.12. The second kappa shape index (κ2) is 21.3. The smallest absolute Gasteiger partial charge is 0.242 e. The number of halogens is 4. The fourth-order valence-electron chi connectivity index (χ4n) is 6.20. The molecule has 0 heterocycles. The van der Waals surface area contributed by atoms with Gasteiger partial charge in [0.05, 0.1) is 25.7 Å². The second-order valence-electron chi connectivity index (χ2n) is 13.8. The summed E-state index contributed by atoms with van der Waals surface area (Å²) in [5.74, 6) is -2.36. The first-order valence-electron chi connectivity index (χ1n) is 18.1. The van der Waals surface area contributed by atoms with E-state index in [-0.39, 0.29) is 51.1 Å². The molecule has 4 rings (SSSR count). The van der Waals surface area contributed by atoms with Gasteiger partial charge in [-0.1, -0.05) is 133 Å². The monoisotopic (exact) mass is 825 g/mol. The molecule has 1 atom stereocenters. The first-order valence-corrected chi connectivity index (χ1v) is 19.6. The zero-order valence-corrected chi connectivity index (χ0v) is 34.0. The molecule has 1 unspecified atom stereocenters. The van der Waals surface area contributed by atoms with E-state index in [1.165, 1.54) is 14.7 Å². The number of benzene rings is 4. The average molecular weight is 828 g/mol. The van der Waals surface area contributed by atoms with Crippen LogP contribution < -0.4 is 11.5 Å². The Morgan fingerprint density at radius 3 is 1.47 bits per heavy atom. The number of primary amides is 1. The van der Waals surface area contributed by atoms with E-state index in [4.69, 9.17) is 57.9 Å². The van der Waals surface area contributed by atoms with Gasteiger partial charge < -0.3 is 26.2 Å². The molecule has 0 bridgehead atoms. The SMILES string of the molecule is CC(C)C(N)C(=O)N(CCc1ccc(Cl)cc1Cl)CC(=O)N(CCC(c1ccccc1)c1ccccc1)CC(=O)N(CCc1ccc(Cl)cc1Cl)CC(N)=O. The molecule has 9 nitrogen and oxygen atoms in total. The molecule has 0 aliphatic heterocycles. The molecule has 0 aliphatic rings. The van der Waals surface area contributed by atoms with Gasteiger partial charge >= 0.3 is 0 Å². The highest BCUT2D eigenvalue weighted by Gasteiger charge is 2.30. The first-order chi connectivity index (χ1) is 26.2. The normalized spacial score (nSPS) is 11.7. The van der Waals surface area contributed by atoms with E-state index >= 15 is 0 Å². The van der Waals surface area contributed by atoms with Gasteiger partial charge in [-0.15, -0.1) is 0 Å². The minimum atomic E-state index is -0.866. The lowest BCUT2D eigenvalue weighted by atomic mass is 9.88. The molecule has 0 aromatic heterocycles.